The molecule has 2 fully saturated rings. The largest absolute Gasteiger partial charge is 0.444 e. The molecule has 0 bridgehead atoms. The lowest BCUT2D eigenvalue weighted by atomic mass is 10.1. The van der Waals surface area contributed by atoms with Crippen molar-refractivity contribution in [3.63, 3.8) is 0 Å². The van der Waals surface area contributed by atoms with Gasteiger partial charge in [0.2, 0.25) is 5.91 Å². The quantitative estimate of drug-likeness (QED) is 0.670. The first-order chi connectivity index (χ1) is 15.3. The Morgan fingerprint density at radius 1 is 0.969 bits per heavy atom. The SMILES string of the molecule is CCC[C@@H](C(=O)N1CCN(Cc2ccncc2)CC1)N1CCN(C(=O)OC(C)(C)C)CC1. The van der Waals surface area contributed by atoms with E-state index < -0.39 is 5.60 Å². The minimum atomic E-state index is -0.492. The van der Waals surface area contributed by atoms with Crippen LogP contribution in [0, 0.1) is 0 Å². The summed E-state index contributed by atoms with van der Waals surface area (Å²) in [5.41, 5.74) is 0.764. The van der Waals surface area contributed by atoms with Crippen LogP contribution in [0.15, 0.2) is 24.5 Å². The molecule has 178 valence electrons. The van der Waals surface area contributed by atoms with Crippen LogP contribution < -0.4 is 0 Å². The molecule has 3 heterocycles. The van der Waals surface area contributed by atoms with Gasteiger partial charge in [0.15, 0.2) is 0 Å². The number of hydrogen-bond acceptors (Lipinski definition) is 6. The molecule has 2 amide bonds. The highest BCUT2D eigenvalue weighted by molar-refractivity contribution is 5.82. The van der Waals surface area contributed by atoms with Crippen LogP contribution in [0.1, 0.15) is 46.1 Å². The summed E-state index contributed by atoms with van der Waals surface area (Å²) < 4.78 is 5.50. The summed E-state index contributed by atoms with van der Waals surface area (Å²) in [6, 6.07) is 3.99. The summed E-state index contributed by atoms with van der Waals surface area (Å²) in [4.78, 5) is 38.3. The summed E-state index contributed by atoms with van der Waals surface area (Å²) in [6.45, 7) is 14.6. The van der Waals surface area contributed by atoms with Crippen molar-refractivity contribution in [1.82, 2.24) is 24.6 Å². The van der Waals surface area contributed by atoms with E-state index in [2.05, 4.69) is 21.7 Å². The van der Waals surface area contributed by atoms with Crippen molar-refractivity contribution in [3.05, 3.63) is 30.1 Å². The Bertz CT molecular complexity index is 736. The lowest BCUT2D eigenvalue weighted by molar-refractivity contribution is -0.140. The Morgan fingerprint density at radius 2 is 1.56 bits per heavy atom. The first kappa shape index (κ1) is 24.5. The van der Waals surface area contributed by atoms with E-state index in [1.165, 1.54) is 5.56 Å². The van der Waals surface area contributed by atoms with Crippen LogP contribution in [0.2, 0.25) is 0 Å². The molecule has 0 aromatic carbocycles. The molecule has 3 rings (SSSR count). The minimum Gasteiger partial charge on any atom is -0.444 e. The molecule has 32 heavy (non-hydrogen) atoms. The Kier molecular flexibility index (Phi) is 8.48. The monoisotopic (exact) mass is 445 g/mol. The first-order valence-electron chi connectivity index (χ1n) is 11.9. The summed E-state index contributed by atoms with van der Waals surface area (Å²) in [5.74, 6) is 0.237. The molecule has 2 saturated heterocycles. The highest BCUT2D eigenvalue weighted by Gasteiger charge is 2.34. The summed E-state index contributed by atoms with van der Waals surface area (Å²) >= 11 is 0. The standard InChI is InChI=1S/C24H39N5O3/c1-5-6-21(27-15-17-29(18-16-27)23(31)32-24(2,3)4)22(30)28-13-11-26(12-14-28)19-20-7-9-25-10-8-20/h7-10,21H,5-6,11-19H2,1-4H3/t21-/m0/s1. The number of amides is 2. The van der Waals surface area contributed by atoms with Crippen LogP contribution in [0.25, 0.3) is 0 Å². The fraction of sp³-hybridized carbons (Fsp3) is 0.708. The second-order valence-electron chi connectivity index (χ2n) is 9.76. The van der Waals surface area contributed by atoms with Crippen LogP contribution >= 0.6 is 0 Å². The van der Waals surface area contributed by atoms with Gasteiger partial charge in [-0.15, -0.1) is 0 Å². The molecule has 8 nitrogen and oxygen atoms in total. The second-order valence-corrected chi connectivity index (χ2v) is 9.76. The van der Waals surface area contributed by atoms with Crippen LogP contribution in [0.5, 0.6) is 0 Å². The maximum absolute atomic E-state index is 13.4. The molecular formula is C24H39N5O3. The van der Waals surface area contributed by atoms with Gasteiger partial charge in [0.1, 0.15) is 5.60 Å². The zero-order chi connectivity index (χ0) is 23.1. The predicted molar refractivity (Wildman–Crippen MR) is 124 cm³/mol. The normalized spacial score (nSPS) is 19.6. The first-order valence-corrected chi connectivity index (χ1v) is 11.9. The van der Waals surface area contributed by atoms with Crippen molar-refractivity contribution in [3.8, 4) is 0 Å². The summed E-state index contributed by atoms with van der Waals surface area (Å²) in [5, 5.41) is 0. The van der Waals surface area contributed by atoms with E-state index in [-0.39, 0.29) is 18.0 Å². The van der Waals surface area contributed by atoms with Gasteiger partial charge >= 0.3 is 6.09 Å². The molecule has 2 aliphatic rings. The van der Waals surface area contributed by atoms with Crippen LogP contribution in [0.4, 0.5) is 4.79 Å². The molecule has 0 spiro atoms. The van der Waals surface area contributed by atoms with Crippen LogP contribution in [0.3, 0.4) is 0 Å². The van der Waals surface area contributed by atoms with Gasteiger partial charge in [0.05, 0.1) is 6.04 Å². The Labute approximate surface area is 192 Å². The molecule has 0 unspecified atom stereocenters. The Morgan fingerprint density at radius 3 is 2.12 bits per heavy atom. The number of aromatic nitrogens is 1. The van der Waals surface area contributed by atoms with Crippen molar-refractivity contribution in [2.75, 3.05) is 52.4 Å². The molecule has 8 heteroatoms. The third-order valence-corrected chi connectivity index (χ3v) is 6.09. The zero-order valence-electron chi connectivity index (χ0n) is 20.1. The molecule has 0 N–H and O–H groups in total. The topological polar surface area (TPSA) is 69.2 Å². The average Bonchev–Trinajstić information content (AvgIpc) is 2.77. The number of ether oxygens (including phenoxy) is 1. The Hall–Kier alpha value is -2.19. The zero-order valence-corrected chi connectivity index (χ0v) is 20.1. The summed E-state index contributed by atoms with van der Waals surface area (Å²) in [7, 11) is 0. The van der Waals surface area contributed by atoms with E-state index in [9.17, 15) is 9.59 Å². The molecule has 2 aliphatic heterocycles. The molecule has 1 aromatic rings. The minimum absolute atomic E-state index is 0.104. The van der Waals surface area contributed by atoms with Crippen molar-refractivity contribution in [2.24, 2.45) is 0 Å². The fourth-order valence-electron chi connectivity index (χ4n) is 4.36. The number of hydrogen-bond donors (Lipinski definition) is 0. The predicted octanol–water partition coefficient (Wildman–Crippen LogP) is 2.45. The fourth-order valence-corrected chi connectivity index (χ4v) is 4.36. The molecular weight excluding hydrogens is 406 g/mol. The van der Waals surface area contributed by atoms with Crippen LogP contribution in [-0.4, -0.2) is 101 Å². The van der Waals surface area contributed by atoms with Crippen LogP contribution in [-0.2, 0) is 16.1 Å². The molecule has 1 atom stereocenters. The number of piperazine rings is 2. The lowest BCUT2D eigenvalue weighted by Gasteiger charge is -2.42. The molecule has 0 saturated carbocycles. The highest BCUT2D eigenvalue weighted by Crippen LogP contribution is 2.18. The van der Waals surface area contributed by atoms with Gasteiger partial charge in [0, 0.05) is 71.3 Å². The summed E-state index contributed by atoms with van der Waals surface area (Å²) in [6.07, 6.45) is 5.20. The van der Waals surface area contributed by atoms with E-state index in [1.54, 1.807) is 4.90 Å². The third-order valence-electron chi connectivity index (χ3n) is 6.09. The van der Waals surface area contributed by atoms with Gasteiger partial charge in [0.25, 0.3) is 0 Å². The molecule has 1 aromatic heterocycles. The number of pyridine rings is 1. The van der Waals surface area contributed by atoms with Gasteiger partial charge in [-0.3, -0.25) is 19.6 Å². The van der Waals surface area contributed by atoms with Gasteiger partial charge in [-0.1, -0.05) is 13.3 Å². The number of rotatable bonds is 6. The second kappa shape index (κ2) is 11.1. The lowest BCUT2D eigenvalue weighted by Crippen LogP contribution is -2.59. The maximum atomic E-state index is 13.4. The van der Waals surface area contributed by atoms with Gasteiger partial charge in [-0.25, -0.2) is 4.79 Å². The van der Waals surface area contributed by atoms with Gasteiger partial charge < -0.3 is 14.5 Å². The van der Waals surface area contributed by atoms with Crippen molar-refractivity contribution < 1.29 is 14.3 Å². The number of carbonyl (C=O) groups excluding carboxylic acids is 2. The van der Waals surface area contributed by atoms with Gasteiger partial charge in [-0.05, 0) is 44.9 Å². The molecule has 0 aliphatic carbocycles. The smallest absolute Gasteiger partial charge is 0.410 e. The van der Waals surface area contributed by atoms with E-state index in [0.717, 1.165) is 45.6 Å². The van der Waals surface area contributed by atoms with Crippen molar-refractivity contribution in [1.29, 1.82) is 0 Å². The molecule has 0 radical (unpaired) electrons. The van der Waals surface area contributed by atoms with Gasteiger partial charge in [-0.2, -0.15) is 0 Å². The Balaban J connectivity index is 1.50. The van der Waals surface area contributed by atoms with E-state index in [0.29, 0.717) is 26.2 Å². The maximum Gasteiger partial charge on any atom is 0.410 e. The van der Waals surface area contributed by atoms with Crippen molar-refractivity contribution >= 4 is 12.0 Å². The third kappa shape index (κ3) is 6.90. The average molecular weight is 446 g/mol. The van der Waals surface area contributed by atoms with E-state index in [1.807, 2.05) is 50.2 Å². The van der Waals surface area contributed by atoms with E-state index >= 15 is 0 Å². The highest BCUT2D eigenvalue weighted by atomic mass is 16.6. The van der Waals surface area contributed by atoms with E-state index in [4.69, 9.17) is 4.74 Å². The number of nitrogens with zero attached hydrogens (tertiary/aromatic N) is 5. The van der Waals surface area contributed by atoms with Crippen molar-refractivity contribution in [2.45, 2.75) is 58.7 Å². The number of carbonyl (C=O) groups is 2.